The third-order valence-electron chi connectivity index (χ3n) is 3.10. The molecular formula is C16H15BrOS. The van der Waals surface area contributed by atoms with Crippen LogP contribution >= 0.6 is 27.7 Å². The van der Waals surface area contributed by atoms with Gasteiger partial charge < -0.3 is 0 Å². The van der Waals surface area contributed by atoms with Crippen LogP contribution in [0.3, 0.4) is 0 Å². The molecule has 0 spiro atoms. The van der Waals surface area contributed by atoms with Gasteiger partial charge in [0.05, 0.1) is 5.75 Å². The minimum atomic E-state index is 0.182. The van der Waals surface area contributed by atoms with Crippen molar-refractivity contribution >= 4 is 33.5 Å². The van der Waals surface area contributed by atoms with Gasteiger partial charge in [-0.3, -0.25) is 4.79 Å². The maximum absolute atomic E-state index is 12.3. The van der Waals surface area contributed by atoms with Crippen LogP contribution in [0.4, 0.5) is 0 Å². The molecule has 2 aromatic rings. The summed E-state index contributed by atoms with van der Waals surface area (Å²) in [4.78, 5) is 13.4. The lowest BCUT2D eigenvalue weighted by atomic mass is 10.0. The van der Waals surface area contributed by atoms with E-state index in [9.17, 15) is 4.79 Å². The van der Waals surface area contributed by atoms with Crippen molar-refractivity contribution in [3.8, 4) is 0 Å². The van der Waals surface area contributed by atoms with Gasteiger partial charge in [0.1, 0.15) is 0 Å². The van der Waals surface area contributed by atoms with Crippen molar-refractivity contribution < 1.29 is 4.79 Å². The van der Waals surface area contributed by atoms with Crippen LogP contribution < -0.4 is 0 Å². The summed E-state index contributed by atoms with van der Waals surface area (Å²) in [6.07, 6.45) is 0. The number of carbonyl (C=O) groups excluding carboxylic acids is 1. The number of aryl methyl sites for hydroxylation is 1. The Hall–Kier alpha value is -1.06. The van der Waals surface area contributed by atoms with E-state index in [1.54, 1.807) is 11.8 Å². The molecule has 0 heterocycles. The molecule has 0 unspecified atom stereocenters. The highest BCUT2D eigenvalue weighted by Crippen LogP contribution is 2.28. The van der Waals surface area contributed by atoms with E-state index in [0.717, 1.165) is 26.1 Å². The van der Waals surface area contributed by atoms with Gasteiger partial charge >= 0.3 is 0 Å². The molecule has 98 valence electrons. The Labute approximate surface area is 126 Å². The van der Waals surface area contributed by atoms with E-state index in [4.69, 9.17) is 0 Å². The number of ketones is 1. The van der Waals surface area contributed by atoms with Crippen molar-refractivity contribution in [3.63, 3.8) is 0 Å². The van der Waals surface area contributed by atoms with Crippen LogP contribution in [0.5, 0.6) is 0 Å². The Kier molecular flexibility index (Phi) is 4.83. The Bertz CT molecular complexity index is 607. The van der Waals surface area contributed by atoms with Gasteiger partial charge in [-0.1, -0.05) is 30.3 Å². The van der Waals surface area contributed by atoms with Crippen molar-refractivity contribution in [1.82, 2.24) is 0 Å². The predicted molar refractivity (Wildman–Crippen MR) is 85.1 cm³/mol. The van der Waals surface area contributed by atoms with E-state index in [-0.39, 0.29) is 5.78 Å². The standard InChI is InChI=1S/C16H15BrOS/c1-11-6-5-7-13(12(11)2)15(18)10-19-16-9-4-3-8-14(16)17/h3-9H,10H2,1-2H3. The monoisotopic (exact) mass is 334 g/mol. The van der Waals surface area contributed by atoms with Gasteiger partial charge in [-0.2, -0.15) is 0 Å². The van der Waals surface area contributed by atoms with Crippen molar-refractivity contribution in [1.29, 1.82) is 0 Å². The molecule has 0 aromatic heterocycles. The molecule has 0 aliphatic carbocycles. The minimum Gasteiger partial charge on any atom is -0.293 e. The zero-order valence-corrected chi connectivity index (χ0v) is 13.3. The lowest BCUT2D eigenvalue weighted by molar-refractivity contribution is 0.102. The molecule has 0 fully saturated rings. The van der Waals surface area contributed by atoms with E-state index in [1.807, 2.05) is 56.3 Å². The normalized spacial score (nSPS) is 10.5. The molecule has 0 bridgehead atoms. The Balaban J connectivity index is 2.10. The van der Waals surface area contributed by atoms with Crippen molar-refractivity contribution in [3.05, 3.63) is 63.6 Å². The molecule has 2 aromatic carbocycles. The molecule has 2 rings (SSSR count). The van der Waals surface area contributed by atoms with Gasteiger partial charge in [0.15, 0.2) is 5.78 Å². The van der Waals surface area contributed by atoms with Crippen molar-refractivity contribution in [2.24, 2.45) is 0 Å². The highest BCUT2D eigenvalue weighted by atomic mass is 79.9. The number of hydrogen-bond acceptors (Lipinski definition) is 2. The van der Waals surface area contributed by atoms with E-state index in [2.05, 4.69) is 15.9 Å². The molecule has 0 atom stereocenters. The Morgan fingerprint density at radius 1 is 1.11 bits per heavy atom. The number of hydrogen-bond donors (Lipinski definition) is 0. The smallest absolute Gasteiger partial charge is 0.173 e. The maximum atomic E-state index is 12.3. The summed E-state index contributed by atoms with van der Waals surface area (Å²) in [7, 11) is 0. The highest BCUT2D eigenvalue weighted by Gasteiger charge is 2.11. The average Bonchev–Trinajstić information content (AvgIpc) is 2.40. The van der Waals surface area contributed by atoms with Gasteiger partial charge in [-0.15, -0.1) is 11.8 Å². The van der Waals surface area contributed by atoms with E-state index in [0.29, 0.717) is 5.75 Å². The second kappa shape index (κ2) is 6.40. The molecule has 1 nitrogen and oxygen atoms in total. The Morgan fingerprint density at radius 2 is 1.84 bits per heavy atom. The van der Waals surface area contributed by atoms with Gasteiger partial charge in [-0.25, -0.2) is 0 Å². The number of carbonyl (C=O) groups is 1. The highest BCUT2D eigenvalue weighted by molar-refractivity contribution is 9.10. The third-order valence-corrected chi connectivity index (χ3v) is 5.13. The molecule has 0 aliphatic heterocycles. The van der Waals surface area contributed by atoms with Crippen LogP contribution in [-0.2, 0) is 0 Å². The summed E-state index contributed by atoms with van der Waals surface area (Å²) in [6, 6.07) is 13.9. The molecule has 0 radical (unpaired) electrons. The lowest BCUT2D eigenvalue weighted by Gasteiger charge is -2.08. The predicted octanol–water partition coefficient (Wildman–Crippen LogP) is 5.04. The number of halogens is 1. The minimum absolute atomic E-state index is 0.182. The van der Waals surface area contributed by atoms with E-state index < -0.39 is 0 Å². The second-order valence-corrected chi connectivity index (χ2v) is 6.26. The van der Waals surface area contributed by atoms with Crippen LogP contribution in [0.25, 0.3) is 0 Å². The molecule has 0 amide bonds. The fourth-order valence-corrected chi connectivity index (χ4v) is 3.29. The fraction of sp³-hybridized carbons (Fsp3) is 0.188. The largest absolute Gasteiger partial charge is 0.293 e. The lowest BCUT2D eigenvalue weighted by Crippen LogP contribution is -2.05. The van der Waals surface area contributed by atoms with Gasteiger partial charge in [0.25, 0.3) is 0 Å². The topological polar surface area (TPSA) is 17.1 Å². The number of benzene rings is 2. The summed E-state index contributed by atoms with van der Waals surface area (Å²) in [5, 5.41) is 0. The Morgan fingerprint density at radius 3 is 2.58 bits per heavy atom. The molecule has 0 aliphatic rings. The summed E-state index contributed by atoms with van der Waals surface area (Å²) < 4.78 is 1.04. The number of thioether (sulfide) groups is 1. The quantitative estimate of drug-likeness (QED) is 0.575. The fourth-order valence-electron chi connectivity index (χ4n) is 1.84. The molecule has 0 saturated carbocycles. The van der Waals surface area contributed by atoms with Crippen LogP contribution in [0.1, 0.15) is 21.5 Å². The van der Waals surface area contributed by atoms with Crippen LogP contribution in [0, 0.1) is 13.8 Å². The van der Waals surface area contributed by atoms with Crippen molar-refractivity contribution in [2.45, 2.75) is 18.7 Å². The first-order valence-corrected chi connectivity index (χ1v) is 7.84. The van der Waals surface area contributed by atoms with Gasteiger partial charge in [0, 0.05) is 14.9 Å². The first kappa shape index (κ1) is 14.4. The molecular weight excluding hydrogens is 320 g/mol. The van der Waals surface area contributed by atoms with Crippen LogP contribution in [-0.4, -0.2) is 11.5 Å². The van der Waals surface area contributed by atoms with Crippen molar-refractivity contribution in [2.75, 3.05) is 5.75 Å². The molecule has 0 saturated heterocycles. The molecule has 19 heavy (non-hydrogen) atoms. The SMILES string of the molecule is Cc1cccc(C(=O)CSc2ccccc2Br)c1C. The zero-order valence-electron chi connectivity index (χ0n) is 10.9. The molecule has 0 N–H and O–H groups in total. The number of rotatable bonds is 4. The second-order valence-electron chi connectivity index (χ2n) is 4.39. The van der Waals surface area contributed by atoms with E-state index >= 15 is 0 Å². The summed E-state index contributed by atoms with van der Waals surface area (Å²) in [5.74, 6) is 0.648. The average molecular weight is 335 g/mol. The van der Waals surface area contributed by atoms with Gasteiger partial charge in [0.2, 0.25) is 0 Å². The first-order valence-electron chi connectivity index (χ1n) is 6.06. The zero-order chi connectivity index (χ0) is 13.8. The van der Waals surface area contributed by atoms with E-state index in [1.165, 1.54) is 0 Å². The first-order chi connectivity index (χ1) is 9.09. The maximum Gasteiger partial charge on any atom is 0.173 e. The van der Waals surface area contributed by atoms with Gasteiger partial charge in [-0.05, 0) is 53.0 Å². The van der Waals surface area contributed by atoms with Crippen LogP contribution in [0.2, 0.25) is 0 Å². The third kappa shape index (κ3) is 3.48. The van der Waals surface area contributed by atoms with Crippen LogP contribution in [0.15, 0.2) is 51.8 Å². The molecule has 3 heteroatoms. The number of Topliss-reactive ketones (excluding diaryl/α,β-unsaturated/α-hetero) is 1. The summed E-state index contributed by atoms with van der Waals surface area (Å²) in [5.41, 5.74) is 3.08. The summed E-state index contributed by atoms with van der Waals surface area (Å²) in [6.45, 7) is 4.04. The summed E-state index contributed by atoms with van der Waals surface area (Å²) >= 11 is 5.06.